The van der Waals surface area contributed by atoms with Gasteiger partial charge >= 0.3 is 0 Å². The van der Waals surface area contributed by atoms with Gasteiger partial charge in [0.25, 0.3) is 0 Å². The predicted molar refractivity (Wildman–Crippen MR) is 102 cm³/mol. The summed E-state index contributed by atoms with van der Waals surface area (Å²) in [4.78, 5) is 0. The van der Waals surface area contributed by atoms with Crippen LogP contribution in [0.4, 0.5) is 0 Å². The van der Waals surface area contributed by atoms with Crippen molar-refractivity contribution in [2.24, 2.45) is 0 Å². The van der Waals surface area contributed by atoms with E-state index in [1.807, 2.05) is 0 Å². The molecule has 0 aliphatic rings. The second-order valence-electron chi connectivity index (χ2n) is 7.29. The van der Waals surface area contributed by atoms with E-state index in [2.05, 4.69) is 49.0 Å². The van der Waals surface area contributed by atoms with Crippen molar-refractivity contribution in [3.63, 3.8) is 0 Å². The molecule has 0 bridgehead atoms. The standard InChI is InChI=1S/C16H37BrOSi2/c1-6-7-15-19(2,3)18-20(4,5)16-13-11-9-8-10-12-14-17/h6-16H2,1-5H3. The molecule has 0 aliphatic carbocycles. The molecule has 0 heterocycles. The molecule has 0 aromatic rings. The SMILES string of the molecule is CCCC[Si](C)(C)O[Si](C)(C)CCCCCCCCBr. The van der Waals surface area contributed by atoms with E-state index in [4.69, 9.17) is 4.12 Å². The van der Waals surface area contributed by atoms with Crippen LogP contribution in [0.5, 0.6) is 0 Å². The molecule has 0 radical (unpaired) electrons. The molecule has 0 aromatic heterocycles. The van der Waals surface area contributed by atoms with Crippen molar-refractivity contribution in [2.75, 3.05) is 5.33 Å². The Hall–Kier alpha value is 0.874. The molecular formula is C16H37BrOSi2. The summed E-state index contributed by atoms with van der Waals surface area (Å²) in [5, 5.41) is 1.16. The Morgan fingerprint density at radius 3 is 1.65 bits per heavy atom. The van der Waals surface area contributed by atoms with Crippen LogP contribution in [0.3, 0.4) is 0 Å². The Morgan fingerprint density at radius 1 is 0.700 bits per heavy atom. The average Bonchev–Trinajstić information content (AvgIpc) is 2.34. The summed E-state index contributed by atoms with van der Waals surface area (Å²) in [5.74, 6) is 0. The molecule has 4 heteroatoms. The van der Waals surface area contributed by atoms with Crippen LogP contribution in [-0.4, -0.2) is 22.0 Å². The van der Waals surface area contributed by atoms with Gasteiger partial charge < -0.3 is 4.12 Å². The van der Waals surface area contributed by atoms with Crippen molar-refractivity contribution >= 4 is 32.6 Å². The first-order chi connectivity index (χ1) is 9.33. The highest BCUT2D eigenvalue weighted by Crippen LogP contribution is 2.25. The Morgan fingerprint density at radius 2 is 1.15 bits per heavy atom. The Labute approximate surface area is 138 Å². The van der Waals surface area contributed by atoms with E-state index in [-0.39, 0.29) is 0 Å². The monoisotopic (exact) mass is 380 g/mol. The molecule has 0 saturated carbocycles. The Bertz CT molecular complexity index is 233. The smallest absolute Gasteiger partial charge is 0.173 e. The van der Waals surface area contributed by atoms with Gasteiger partial charge in [0.2, 0.25) is 0 Å². The topological polar surface area (TPSA) is 9.23 Å². The van der Waals surface area contributed by atoms with Crippen LogP contribution in [-0.2, 0) is 4.12 Å². The van der Waals surface area contributed by atoms with Crippen molar-refractivity contribution in [3.8, 4) is 0 Å². The quantitative estimate of drug-likeness (QED) is 0.190. The molecular weight excluding hydrogens is 344 g/mol. The van der Waals surface area contributed by atoms with Crippen LogP contribution in [0.15, 0.2) is 0 Å². The number of halogens is 1. The van der Waals surface area contributed by atoms with Gasteiger partial charge in [-0.3, -0.25) is 0 Å². The fraction of sp³-hybridized carbons (Fsp3) is 1.00. The first-order valence-corrected chi connectivity index (χ1v) is 15.9. The third-order valence-electron chi connectivity index (χ3n) is 3.85. The third kappa shape index (κ3) is 12.6. The van der Waals surface area contributed by atoms with Gasteiger partial charge in [-0.05, 0) is 44.7 Å². The molecule has 0 unspecified atom stereocenters. The van der Waals surface area contributed by atoms with E-state index >= 15 is 0 Å². The predicted octanol–water partition coefficient (Wildman–Crippen LogP) is 6.95. The lowest BCUT2D eigenvalue weighted by Gasteiger charge is -2.34. The molecule has 0 N–H and O–H groups in total. The van der Waals surface area contributed by atoms with Gasteiger partial charge in [0.15, 0.2) is 16.6 Å². The fourth-order valence-electron chi connectivity index (χ4n) is 2.80. The van der Waals surface area contributed by atoms with E-state index in [1.165, 1.54) is 63.5 Å². The van der Waals surface area contributed by atoms with Crippen LogP contribution < -0.4 is 0 Å². The van der Waals surface area contributed by atoms with E-state index in [0.717, 1.165) is 5.33 Å². The second-order valence-corrected chi connectivity index (χ2v) is 16.9. The number of unbranched alkanes of at least 4 members (excludes halogenated alkanes) is 6. The molecule has 0 aliphatic heterocycles. The summed E-state index contributed by atoms with van der Waals surface area (Å²) in [6, 6.07) is 2.69. The van der Waals surface area contributed by atoms with Crippen LogP contribution in [0.1, 0.15) is 58.3 Å². The zero-order chi connectivity index (χ0) is 15.5. The van der Waals surface area contributed by atoms with Gasteiger partial charge in [0.1, 0.15) is 0 Å². The lowest BCUT2D eigenvalue weighted by atomic mass is 10.1. The number of hydrogen-bond acceptors (Lipinski definition) is 1. The molecule has 20 heavy (non-hydrogen) atoms. The number of rotatable bonds is 13. The van der Waals surface area contributed by atoms with Crippen molar-refractivity contribution < 1.29 is 4.12 Å². The van der Waals surface area contributed by atoms with Gasteiger partial charge in [0.05, 0.1) is 0 Å². The first-order valence-electron chi connectivity index (χ1n) is 8.59. The van der Waals surface area contributed by atoms with Gasteiger partial charge in [-0.2, -0.15) is 0 Å². The minimum absolute atomic E-state index is 1.16. The van der Waals surface area contributed by atoms with Gasteiger partial charge in [-0.15, -0.1) is 0 Å². The normalized spacial score (nSPS) is 12.9. The van der Waals surface area contributed by atoms with Crippen molar-refractivity contribution in [1.29, 1.82) is 0 Å². The second kappa shape index (κ2) is 11.4. The lowest BCUT2D eigenvalue weighted by Crippen LogP contribution is -2.44. The molecule has 0 rings (SSSR count). The van der Waals surface area contributed by atoms with Crippen LogP contribution in [0.25, 0.3) is 0 Å². The van der Waals surface area contributed by atoms with Crippen LogP contribution >= 0.6 is 15.9 Å². The molecule has 0 fully saturated rings. The summed E-state index contributed by atoms with van der Waals surface area (Å²) >= 11 is 3.50. The highest BCUT2D eigenvalue weighted by molar-refractivity contribution is 9.09. The Kier molecular flexibility index (Phi) is 11.9. The maximum Gasteiger partial charge on any atom is 0.173 e. The molecule has 0 amide bonds. The largest absolute Gasteiger partial charge is 0.455 e. The molecule has 0 aromatic carbocycles. The molecule has 122 valence electrons. The van der Waals surface area contributed by atoms with Crippen LogP contribution in [0, 0.1) is 0 Å². The minimum atomic E-state index is -1.41. The minimum Gasteiger partial charge on any atom is -0.455 e. The van der Waals surface area contributed by atoms with Crippen molar-refractivity contribution in [2.45, 2.75) is 96.6 Å². The van der Waals surface area contributed by atoms with Crippen molar-refractivity contribution in [1.82, 2.24) is 0 Å². The van der Waals surface area contributed by atoms with Crippen LogP contribution in [0.2, 0.25) is 38.3 Å². The van der Waals surface area contributed by atoms with Gasteiger partial charge in [0, 0.05) is 5.33 Å². The fourth-order valence-corrected chi connectivity index (χ4v) is 12.3. The molecule has 0 saturated heterocycles. The van der Waals surface area contributed by atoms with E-state index < -0.39 is 16.6 Å². The van der Waals surface area contributed by atoms with Gasteiger partial charge in [-0.25, -0.2) is 0 Å². The van der Waals surface area contributed by atoms with Gasteiger partial charge in [-0.1, -0.05) is 67.8 Å². The highest BCUT2D eigenvalue weighted by atomic mass is 79.9. The van der Waals surface area contributed by atoms with Crippen molar-refractivity contribution in [3.05, 3.63) is 0 Å². The number of alkyl halides is 1. The molecule has 0 spiro atoms. The molecule has 1 nitrogen and oxygen atoms in total. The van der Waals surface area contributed by atoms with E-state index in [9.17, 15) is 0 Å². The summed E-state index contributed by atoms with van der Waals surface area (Å²) in [6.45, 7) is 12.0. The summed E-state index contributed by atoms with van der Waals surface area (Å²) in [5.41, 5.74) is 0. The summed E-state index contributed by atoms with van der Waals surface area (Å²) in [6.07, 6.45) is 11.0. The summed E-state index contributed by atoms with van der Waals surface area (Å²) < 4.78 is 6.64. The van der Waals surface area contributed by atoms with E-state index in [1.54, 1.807) is 0 Å². The highest BCUT2D eigenvalue weighted by Gasteiger charge is 2.31. The molecule has 0 atom stereocenters. The van der Waals surface area contributed by atoms with E-state index in [0.29, 0.717) is 0 Å². The zero-order valence-corrected chi connectivity index (χ0v) is 18.2. The Balaban J connectivity index is 3.77. The summed E-state index contributed by atoms with van der Waals surface area (Å²) in [7, 11) is -2.80. The zero-order valence-electron chi connectivity index (χ0n) is 14.6. The number of hydrogen-bond donors (Lipinski definition) is 0. The maximum atomic E-state index is 6.64. The third-order valence-corrected chi connectivity index (χ3v) is 11.9. The first kappa shape index (κ1) is 20.9. The lowest BCUT2D eigenvalue weighted by molar-refractivity contribution is 0.524. The average molecular weight is 382 g/mol. The maximum absolute atomic E-state index is 6.64.